The first-order chi connectivity index (χ1) is 8.69. The number of aromatic nitrogens is 2. The zero-order valence-corrected chi connectivity index (χ0v) is 10.6. The van der Waals surface area contributed by atoms with Crippen molar-refractivity contribution in [2.75, 3.05) is 26.8 Å². The third kappa shape index (κ3) is 3.27. The number of carbonyl (C=O) groups is 1. The van der Waals surface area contributed by atoms with Gasteiger partial charge in [-0.05, 0) is 6.92 Å². The predicted octanol–water partition coefficient (Wildman–Crippen LogP) is 0.142. The number of rotatable bonds is 4. The zero-order chi connectivity index (χ0) is 13.0. The number of nitrogens with zero attached hydrogens (tertiary/aromatic N) is 3. The summed E-state index contributed by atoms with van der Waals surface area (Å²) in [6.07, 6.45) is 0.162. The lowest BCUT2D eigenvalue weighted by Crippen LogP contribution is -2.43. The van der Waals surface area contributed by atoms with Crippen LogP contribution in [0.3, 0.4) is 0 Å². The maximum absolute atomic E-state index is 11.2. The van der Waals surface area contributed by atoms with Crippen LogP contribution in [0, 0.1) is 6.92 Å². The molecule has 0 saturated carbocycles. The standard InChI is InChI=1S/C11H17N3O4/c1-8-10(13-18-12-8)7-14-3-4-17-9(6-14)5-11(15)16-2/h9H,3-7H2,1-2H3. The number of hydrogen-bond donors (Lipinski definition) is 0. The van der Waals surface area contributed by atoms with Crippen LogP contribution < -0.4 is 0 Å². The van der Waals surface area contributed by atoms with E-state index in [4.69, 9.17) is 4.74 Å². The Kier molecular flexibility index (Phi) is 4.27. The van der Waals surface area contributed by atoms with Gasteiger partial charge in [0.15, 0.2) is 0 Å². The van der Waals surface area contributed by atoms with Crippen LogP contribution in [0.5, 0.6) is 0 Å². The average molecular weight is 255 g/mol. The van der Waals surface area contributed by atoms with E-state index in [0.29, 0.717) is 19.7 Å². The van der Waals surface area contributed by atoms with Crippen molar-refractivity contribution in [3.63, 3.8) is 0 Å². The van der Waals surface area contributed by atoms with Crippen LogP contribution in [-0.2, 0) is 20.8 Å². The van der Waals surface area contributed by atoms with Crippen LogP contribution >= 0.6 is 0 Å². The molecule has 2 heterocycles. The zero-order valence-electron chi connectivity index (χ0n) is 10.6. The van der Waals surface area contributed by atoms with Gasteiger partial charge < -0.3 is 9.47 Å². The Morgan fingerprint density at radius 1 is 1.56 bits per heavy atom. The number of methoxy groups -OCH3 is 1. The van der Waals surface area contributed by atoms with Gasteiger partial charge in [0.2, 0.25) is 0 Å². The van der Waals surface area contributed by atoms with Crippen molar-refractivity contribution in [3.8, 4) is 0 Å². The van der Waals surface area contributed by atoms with E-state index in [-0.39, 0.29) is 18.5 Å². The summed E-state index contributed by atoms with van der Waals surface area (Å²) in [7, 11) is 1.38. The first kappa shape index (κ1) is 13.0. The lowest BCUT2D eigenvalue weighted by molar-refractivity contribution is -0.145. The lowest BCUT2D eigenvalue weighted by atomic mass is 10.2. The largest absolute Gasteiger partial charge is 0.469 e. The highest BCUT2D eigenvalue weighted by atomic mass is 16.6. The fourth-order valence-corrected chi connectivity index (χ4v) is 1.92. The van der Waals surface area contributed by atoms with E-state index in [1.54, 1.807) is 0 Å². The molecule has 0 amide bonds. The number of ether oxygens (including phenoxy) is 2. The molecule has 0 N–H and O–H groups in total. The summed E-state index contributed by atoms with van der Waals surface area (Å²) in [5, 5.41) is 7.60. The molecule has 1 saturated heterocycles. The van der Waals surface area contributed by atoms with Crippen molar-refractivity contribution in [3.05, 3.63) is 11.4 Å². The van der Waals surface area contributed by atoms with E-state index in [2.05, 4.69) is 24.6 Å². The van der Waals surface area contributed by atoms with Gasteiger partial charge in [-0.2, -0.15) is 0 Å². The maximum atomic E-state index is 11.2. The molecule has 1 unspecified atom stereocenters. The van der Waals surface area contributed by atoms with Crippen LogP contribution in [0.15, 0.2) is 4.63 Å². The Hall–Kier alpha value is -1.47. The molecular formula is C11H17N3O4. The Morgan fingerprint density at radius 3 is 3.06 bits per heavy atom. The van der Waals surface area contributed by atoms with Crippen molar-refractivity contribution < 1.29 is 18.9 Å². The summed E-state index contributed by atoms with van der Waals surface area (Å²) in [5.41, 5.74) is 1.62. The summed E-state index contributed by atoms with van der Waals surface area (Å²) >= 11 is 0. The summed E-state index contributed by atoms with van der Waals surface area (Å²) in [6.45, 7) is 4.62. The van der Waals surface area contributed by atoms with Crippen molar-refractivity contribution in [2.24, 2.45) is 0 Å². The minimum absolute atomic E-state index is 0.119. The molecule has 100 valence electrons. The normalized spacial score (nSPS) is 20.9. The molecule has 0 radical (unpaired) electrons. The lowest BCUT2D eigenvalue weighted by Gasteiger charge is -2.31. The predicted molar refractivity (Wildman–Crippen MR) is 60.7 cm³/mol. The van der Waals surface area contributed by atoms with Gasteiger partial charge in [-0.1, -0.05) is 10.3 Å². The van der Waals surface area contributed by atoms with Crippen LogP contribution in [-0.4, -0.2) is 54.1 Å². The Labute approximate surface area is 105 Å². The Bertz CT molecular complexity index is 407. The van der Waals surface area contributed by atoms with Gasteiger partial charge in [-0.25, -0.2) is 4.63 Å². The quantitative estimate of drug-likeness (QED) is 0.708. The highest BCUT2D eigenvalue weighted by Crippen LogP contribution is 2.13. The second kappa shape index (κ2) is 5.92. The molecule has 0 aliphatic carbocycles. The van der Waals surface area contributed by atoms with E-state index >= 15 is 0 Å². The Morgan fingerprint density at radius 2 is 2.39 bits per heavy atom. The number of carbonyl (C=O) groups excluding carboxylic acids is 1. The van der Waals surface area contributed by atoms with Crippen molar-refractivity contribution >= 4 is 5.97 Å². The van der Waals surface area contributed by atoms with Gasteiger partial charge in [-0.15, -0.1) is 0 Å². The van der Waals surface area contributed by atoms with Gasteiger partial charge in [0.1, 0.15) is 11.4 Å². The summed E-state index contributed by atoms with van der Waals surface area (Å²) in [4.78, 5) is 13.4. The molecule has 18 heavy (non-hydrogen) atoms. The van der Waals surface area contributed by atoms with Crippen LogP contribution in [0.2, 0.25) is 0 Å². The second-order valence-corrected chi connectivity index (χ2v) is 4.30. The molecule has 1 aliphatic rings. The number of morpholine rings is 1. The minimum Gasteiger partial charge on any atom is -0.469 e. The van der Waals surface area contributed by atoms with Gasteiger partial charge in [0.25, 0.3) is 0 Å². The molecule has 2 rings (SSSR count). The van der Waals surface area contributed by atoms with E-state index in [9.17, 15) is 4.79 Å². The van der Waals surface area contributed by atoms with Crippen LogP contribution in [0.25, 0.3) is 0 Å². The van der Waals surface area contributed by atoms with Crippen molar-refractivity contribution in [1.82, 2.24) is 15.2 Å². The fourth-order valence-electron chi connectivity index (χ4n) is 1.92. The highest BCUT2D eigenvalue weighted by molar-refractivity contribution is 5.69. The topological polar surface area (TPSA) is 77.7 Å². The van der Waals surface area contributed by atoms with Gasteiger partial charge in [0, 0.05) is 19.6 Å². The van der Waals surface area contributed by atoms with Gasteiger partial charge in [0.05, 0.1) is 26.2 Å². The fraction of sp³-hybridized carbons (Fsp3) is 0.727. The molecule has 0 spiro atoms. The molecule has 1 atom stereocenters. The summed E-state index contributed by atoms with van der Waals surface area (Å²) < 4.78 is 14.8. The summed E-state index contributed by atoms with van der Waals surface area (Å²) in [5.74, 6) is -0.249. The van der Waals surface area contributed by atoms with Gasteiger partial charge >= 0.3 is 5.97 Å². The van der Waals surface area contributed by atoms with Crippen LogP contribution in [0.1, 0.15) is 17.8 Å². The van der Waals surface area contributed by atoms with E-state index in [1.807, 2.05) is 6.92 Å². The van der Waals surface area contributed by atoms with E-state index in [1.165, 1.54) is 7.11 Å². The van der Waals surface area contributed by atoms with E-state index < -0.39 is 0 Å². The van der Waals surface area contributed by atoms with Crippen molar-refractivity contribution in [1.29, 1.82) is 0 Å². The first-order valence-electron chi connectivity index (χ1n) is 5.88. The number of esters is 1. The molecule has 1 aromatic heterocycles. The van der Waals surface area contributed by atoms with Crippen LogP contribution in [0.4, 0.5) is 0 Å². The maximum Gasteiger partial charge on any atom is 0.308 e. The first-order valence-corrected chi connectivity index (χ1v) is 5.88. The summed E-state index contributed by atoms with van der Waals surface area (Å²) in [6, 6.07) is 0. The van der Waals surface area contributed by atoms with E-state index in [0.717, 1.165) is 17.9 Å². The molecule has 0 aromatic carbocycles. The third-order valence-corrected chi connectivity index (χ3v) is 2.96. The second-order valence-electron chi connectivity index (χ2n) is 4.30. The molecular weight excluding hydrogens is 238 g/mol. The highest BCUT2D eigenvalue weighted by Gasteiger charge is 2.24. The molecule has 0 bridgehead atoms. The molecule has 1 fully saturated rings. The van der Waals surface area contributed by atoms with Crippen molar-refractivity contribution in [2.45, 2.75) is 26.0 Å². The molecule has 1 aliphatic heterocycles. The number of aryl methyl sites for hydroxylation is 1. The average Bonchev–Trinajstić information content (AvgIpc) is 2.75. The monoisotopic (exact) mass is 255 g/mol. The van der Waals surface area contributed by atoms with Gasteiger partial charge in [-0.3, -0.25) is 9.69 Å². The SMILES string of the molecule is COC(=O)CC1CN(Cc2nonc2C)CCO1. The smallest absolute Gasteiger partial charge is 0.308 e. The Balaban J connectivity index is 1.87. The third-order valence-electron chi connectivity index (χ3n) is 2.96. The molecule has 7 heteroatoms. The molecule has 1 aromatic rings. The molecule has 7 nitrogen and oxygen atoms in total. The number of hydrogen-bond acceptors (Lipinski definition) is 7. The minimum atomic E-state index is -0.249.